The Morgan fingerprint density at radius 3 is 2.39 bits per heavy atom. The summed E-state index contributed by atoms with van der Waals surface area (Å²) in [6.07, 6.45) is 13.9. The van der Waals surface area contributed by atoms with E-state index in [1.54, 1.807) is 6.08 Å². The van der Waals surface area contributed by atoms with Gasteiger partial charge in [-0.3, -0.25) is 9.59 Å². The molecular weight excluding hydrogens is 396 g/mol. The molecule has 0 aromatic rings. The maximum Gasteiger partial charge on any atom is 0.303 e. The molecule has 0 bridgehead atoms. The molecule has 1 aliphatic carbocycles. The summed E-state index contributed by atoms with van der Waals surface area (Å²) < 4.78 is 4.70. The number of ketones is 1. The van der Waals surface area contributed by atoms with Crippen LogP contribution in [0.25, 0.3) is 0 Å². The number of Topliss-reactive ketones (excluding diaryl/α,β-unsaturated/α-hetero) is 1. The minimum atomic E-state index is -0.563. The maximum atomic E-state index is 11.6. The molecule has 31 heavy (non-hydrogen) atoms. The van der Waals surface area contributed by atoms with Crippen molar-refractivity contribution in [2.75, 3.05) is 6.61 Å². The monoisotopic (exact) mass is 440 g/mol. The summed E-state index contributed by atoms with van der Waals surface area (Å²) >= 11 is 0. The van der Waals surface area contributed by atoms with Crippen LogP contribution >= 0.6 is 0 Å². The standard InChI is InChI=1S/C25H44O6/c1-3-4-5-6-9-12-20(27)15-16-23-22(24(29)17-25(23)30)14-11-8-7-10-13-21(28)18-31-19(2)26/h15-16,20,22-25,27,29-30H,3-14,17-18H2,1-2H3/b16-15+/t20?,22-,23-,24+,25-/m1/s1. The first kappa shape index (κ1) is 27.8. The summed E-state index contributed by atoms with van der Waals surface area (Å²) in [5.41, 5.74) is 0. The fourth-order valence-electron chi connectivity index (χ4n) is 4.40. The average Bonchev–Trinajstić information content (AvgIpc) is 2.99. The summed E-state index contributed by atoms with van der Waals surface area (Å²) in [4.78, 5) is 22.3. The molecule has 3 N–H and O–H groups in total. The lowest BCUT2D eigenvalue weighted by molar-refractivity contribution is -0.145. The highest BCUT2D eigenvalue weighted by Gasteiger charge is 2.39. The molecule has 6 heteroatoms. The normalized spacial score (nSPS) is 24.5. The van der Waals surface area contributed by atoms with Gasteiger partial charge < -0.3 is 20.1 Å². The number of aliphatic hydroxyl groups is 3. The van der Waals surface area contributed by atoms with Gasteiger partial charge in [-0.25, -0.2) is 0 Å². The van der Waals surface area contributed by atoms with Gasteiger partial charge in [-0.05, 0) is 25.2 Å². The number of aliphatic hydroxyl groups excluding tert-OH is 3. The lowest BCUT2D eigenvalue weighted by atomic mass is 9.87. The average molecular weight is 441 g/mol. The van der Waals surface area contributed by atoms with Gasteiger partial charge in [-0.15, -0.1) is 0 Å². The molecule has 1 aliphatic rings. The molecule has 0 heterocycles. The van der Waals surface area contributed by atoms with Gasteiger partial charge in [-0.2, -0.15) is 0 Å². The molecule has 0 aromatic carbocycles. The lowest BCUT2D eigenvalue weighted by Crippen LogP contribution is -2.21. The number of hydrogen-bond acceptors (Lipinski definition) is 6. The maximum absolute atomic E-state index is 11.6. The van der Waals surface area contributed by atoms with Gasteiger partial charge in [0.1, 0.15) is 6.61 Å². The molecule has 0 radical (unpaired) electrons. The number of ether oxygens (including phenoxy) is 1. The van der Waals surface area contributed by atoms with E-state index < -0.39 is 24.3 Å². The number of rotatable bonds is 17. The Morgan fingerprint density at radius 2 is 1.68 bits per heavy atom. The third-order valence-electron chi connectivity index (χ3n) is 6.25. The molecule has 0 amide bonds. The third kappa shape index (κ3) is 12.4. The zero-order chi connectivity index (χ0) is 23.1. The number of unbranched alkanes of at least 4 members (excludes halogenated alkanes) is 7. The predicted octanol–water partition coefficient (Wildman–Crippen LogP) is 4.09. The molecule has 0 spiro atoms. The van der Waals surface area contributed by atoms with Crippen LogP contribution < -0.4 is 0 Å². The number of carbonyl (C=O) groups is 2. The summed E-state index contributed by atoms with van der Waals surface area (Å²) in [6, 6.07) is 0. The van der Waals surface area contributed by atoms with E-state index in [9.17, 15) is 24.9 Å². The van der Waals surface area contributed by atoms with Crippen molar-refractivity contribution in [2.24, 2.45) is 11.8 Å². The second-order valence-electron chi connectivity index (χ2n) is 9.04. The smallest absolute Gasteiger partial charge is 0.303 e. The molecular formula is C25H44O6. The second kappa shape index (κ2) is 16.4. The quantitative estimate of drug-likeness (QED) is 0.179. The van der Waals surface area contributed by atoms with Crippen molar-refractivity contribution in [1.29, 1.82) is 0 Å². The molecule has 1 unspecified atom stereocenters. The van der Waals surface area contributed by atoms with Crippen LogP contribution in [-0.2, 0) is 14.3 Å². The second-order valence-corrected chi connectivity index (χ2v) is 9.04. The zero-order valence-electron chi connectivity index (χ0n) is 19.5. The van der Waals surface area contributed by atoms with Crippen molar-refractivity contribution in [2.45, 2.75) is 116 Å². The van der Waals surface area contributed by atoms with E-state index in [2.05, 4.69) is 6.92 Å². The summed E-state index contributed by atoms with van der Waals surface area (Å²) in [6.45, 7) is 3.34. The zero-order valence-corrected chi connectivity index (χ0v) is 19.5. The van der Waals surface area contributed by atoms with Gasteiger partial charge in [-0.1, -0.05) is 70.4 Å². The summed E-state index contributed by atoms with van der Waals surface area (Å²) in [5.74, 6) is -0.601. The van der Waals surface area contributed by atoms with E-state index in [0.717, 1.165) is 51.4 Å². The molecule has 5 atom stereocenters. The minimum Gasteiger partial charge on any atom is -0.458 e. The van der Waals surface area contributed by atoms with Crippen LogP contribution in [0, 0.1) is 11.8 Å². The molecule has 1 saturated carbocycles. The topological polar surface area (TPSA) is 104 Å². The number of hydrogen-bond donors (Lipinski definition) is 3. The molecule has 180 valence electrons. The first-order chi connectivity index (χ1) is 14.8. The van der Waals surface area contributed by atoms with E-state index in [-0.39, 0.29) is 24.2 Å². The Bertz CT molecular complexity index is 532. The Balaban J connectivity index is 2.28. The van der Waals surface area contributed by atoms with E-state index in [1.165, 1.54) is 26.2 Å². The molecule has 1 rings (SSSR count). The van der Waals surface area contributed by atoms with E-state index in [4.69, 9.17) is 4.74 Å². The Hall–Kier alpha value is -1.24. The van der Waals surface area contributed by atoms with Crippen molar-refractivity contribution >= 4 is 11.8 Å². The highest BCUT2D eigenvalue weighted by molar-refractivity contribution is 5.81. The number of carbonyl (C=O) groups excluding carboxylic acids is 2. The Kier molecular flexibility index (Phi) is 14.7. The molecule has 0 aliphatic heterocycles. The van der Waals surface area contributed by atoms with Crippen LogP contribution in [-0.4, -0.2) is 52.0 Å². The van der Waals surface area contributed by atoms with Gasteiger partial charge in [0.15, 0.2) is 5.78 Å². The van der Waals surface area contributed by atoms with Crippen LogP contribution in [0.1, 0.15) is 97.3 Å². The molecule has 0 saturated heterocycles. The van der Waals surface area contributed by atoms with E-state index in [1.807, 2.05) is 6.08 Å². The summed E-state index contributed by atoms with van der Waals surface area (Å²) in [5, 5.41) is 30.9. The van der Waals surface area contributed by atoms with E-state index in [0.29, 0.717) is 12.8 Å². The van der Waals surface area contributed by atoms with Crippen LogP contribution in [0.2, 0.25) is 0 Å². The van der Waals surface area contributed by atoms with Crippen molar-refractivity contribution in [3.05, 3.63) is 12.2 Å². The molecule has 0 aromatic heterocycles. The van der Waals surface area contributed by atoms with Crippen molar-refractivity contribution in [1.82, 2.24) is 0 Å². The Morgan fingerprint density at radius 1 is 1.00 bits per heavy atom. The first-order valence-electron chi connectivity index (χ1n) is 12.2. The van der Waals surface area contributed by atoms with Crippen LogP contribution in [0.5, 0.6) is 0 Å². The molecule has 6 nitrogen and oxygen atoms in total. The van der Waals surface area contributed by atoms with Gasteiger partial charge in [0.25, 0.3) is 0 Å². The summed E-state index contributed by atoms with van der Waals surface area (Å²) in [7, 11) is 0. The fourth-order valence-corrected chi connectivity index (χ4v) is 4.40. The van der Waals surface area contributed by atoms with Crippen molar-refractivity contribution in [3.8, 4) is 0 Å². The SMILES string of the molecule is CCCCCCCC(O)/C=C/[C@@H]1[C@@H](CCCCCCC(=O)COC(C)=O)[C@@H](O)C[C@H]1O. The van der Waals surface area contributed by atoms with Gasteiger partial charge in [0.2, 0.25) is 0 Å². The third-order valence-corrected chi connectivity index (χ3v) is 6.25. The lowest BCUT2D eigenvalue weighted by Gasteiger charge is -2.21. The van der Waals surface area contributed by atoms with Crippen LogP contribution in [0.3, 0.4) is 0 Å². The van der Waals surface area contributed by atoms with Crippen molar-refractivity contribution < 1.29 is 29.6 Å². The predicted molar refractivity (Wildman–Crippen MR) is 121 cm³/mol. The highest BCUT2D eigenvalue weighted by atomic mass is 16.5. The largest absolute Gasteiger partial charge is 0.458 e. The van der Waals surface area contributed by atoms with Crippen LogP contribution in [0.15, 0.2) is 12.2 Å². The van der Waals surface area contributed by atoms with Gasteiger partial charge in [0.05, 0.1) is 18.3 Å². The van der Waals surface area contributed by atoms with Crippen LogP contribution in [0.4, 0.5) is 0 Å². The minimum absolute atomic E-state index is 0.00797. The van der Waals surface area contributed by atoms with Gasteiger partial charge in [0, 0.05) is 25.7 Å². The van der Waals surface area contributed by atoms with Crippen molar-refractivity contribution in [3.63, 3.8) is 0 Å². The van der Waals surface area contributed by atoms with E-state index >= 15 is 0 Å². The Labute approximate surface area is 188 Å². The number of esters is 1. The fraction of sp³-hybridized carbons (Fsp3) is 0.840. The van der Waals surface area contributed by atoms with Gasteiger partial charge >= 0.3 is 5.97 Å². The molecule has 1 fully saturated rings. The highest BCUT2D eigenvalue weighted by Crippen LogP contribution is 2.37. The first-order valence-corrected chi connectivity index (χ1v) is 12.2.